The second-order valence-corrected chi connectivity index (χ2v) is 4.81. The summed E-state index contributed by atoms with van der Waals surface area (Å²) in [5.41, 5.74) is 0.753. The van der Waals surface area contributed by atoms with Crippen molar-refractivity contribution < 1.29 is 19.0 Å². The number of ether oxygens (including phenoxy) is 3. The van der Waals surface area contributed by atoms with Crippen LogP contribution in [-0.4, -0.2) is 52.0 Å². The van der Waals surface area contributed by atoms with E-state index < -0.39 is 0 Å². The van der Waals surface area contributed by atoms with Crippen molar-refractivity contribution in [2.24, 2.45) is 0 Å². The highest BCUT2D eigenvalue weighted by Crippen LogP contribution is 2.16. The number of hydrogen-bond donors (Lipinski definition) is 2. The number of carbonyl (C=O) groups is 1. The van der Waals surface area contributed by atoms with Crippen molar-refractivity contribution in [2.45, 2.75) is 12.5 Å². The molecule has 1 amide bonds. The van der Waals surface area contributed by atoms with E-state index in [4.69, 9.17) is 14.2 Å². The first-order valence-electron chi connectivity index (χ1n) is 7.12. The van der Waals surface area contributed by atoms with Gasteiger partial charge >= 0.3 is 0 Å². The summed E-state index contributed by atoms with van der Waals surface area (Å²) in [6.07, 6.45) is 0.314. The van der Waals surface area contributed by atoms with E-state index >= 15 is 0 Å². The summed E-state index contributed by atoms with van der Waals surface area (Å²) in [5.74, 6) is 0.710. The number of rotatable bonds is 7. The van der Waals surface area contributed by atoms with Crippen LogP contribution in [0.5, 0.6) is 5.75 Å². The Hall–Kier alpha value is -1.63. The van der Waals surface area contributed by atoms with E-state index in [0.717, 1.165) is 24.5 Å². The fourth-order valence-corrected chi connectivity index (χ4v) is 2.05. The van der Waals surface area contributed by atoms with Crippen molar-refractivity contribution in [3.8, 4) is 5.75 Å². The van der Waals surface area contributed by atoms with E-state index in [1.54, 1.807) is 7.11 Å². The van der Waals surface area contributed by atoms with Crippen LogP contribution in [0.15, 0.2) is 24.3 Å². The van der Waals surface area contributed by atoms with Gasteiger partial charge in [0.1, 0.15) is 12.4 Å². The van der Waals surface area contributed by atoms with Gasteiger partial charge < -0.3 is 24.8 Å². The first-order valence-corrected chi connectivity index (χ1v) is 7.12. The molecule has 1 fully saturated rings. The van der Waals surface area contributed by atoms with Gasteiger partial charge in [0.15, 0.2) is 0 Å². The van der Waals surface area contributed by atoms with Crippen LogP contribution >= 0.6 is 0 Å². The number of morpholine rings is 1. The van der Waals surface area contributed by atoms with Crippen LogP contribution in [0.1, 0.15) is 6.42 Å². The smallest absolute Gasteiger partial charge is 0.227 e. The van der Waals surface area contributed by atoms with Crippen LogP contribution < -0.4 is 15.4 Å². The number of hydrogen-bond acceptors (Lipinski definition) is 5. The first-order chi connectivity index (χ1) is 10.3. The molecule has 1 heterocycles. The molecular formula is C15H22N2O4. The van der Waals surface area contributed by atoms with E-state index in [1.165, 1.54) is 0 Å². The standard InChI is InChI=1S/C15H22N2O4/c1-19-8-9-21-13-4-2-12(3-5-13)17-15(18)10-14-11-16-6-7-20-14/h2-5,14,16H,6-11H2,1H3,(H,17,18). The molecule has 0 spiro atoms. The lowest BCUT2D eigenvalue weighted by Crippen LogP contribution is -2.40. The molecule has 1 aromatic carbocycles. The fraction of sp³-hybridized carbons (Fsp3) is 0.533. The van der Waals surface area contributed by atoms with Crippen LogP contribution in [-0.2, 0) is 14.3 Å². The Morgan fingerprint density at radius 2 is 2.19 bits per heavy atom. The number of carbonyl (C=O) groups excluding carboxylic acids is 1. The molecule has 1 unspecified atom stereocenters. The third kappa shape index (κ3) is 5.71. The Balaban J connectivity index is 1.75. The van der Waals surface area contributed by atoms with Gasteiger partial charge in [-0.05, 0) is 24.3 Å². The highest BCUT2D eigenvalue weighted by atomic mass is 16.5. The monoisotopic (exact) mass is 294 g/mol. The van der Waals surface area contributed by atoms with E-state index in [-0.39, 0.29) is 12.0 Å². The number of benzene rings is 1. The molecular weight excluding hydrogens is 272 g/mol. The first kappa shape index (κ1) is 15.8. The molecule has 116 valence electrons. The second-order valence-electron chi connectivity index (χ2n) is 4.81. The van der Waals surface area contributed by atoms with Gasteiger partial charge in [-0.15, -0.1) is 0 Å². The summed E-state index contributed by atoms with van der Waals surface area (Å²) < 4.78 is 15.9. The van der Waals surface area contributed by atoms with Gasteiger partial charge in [0.2, 0.25) is 5.91 Å². The van der Waals surface area contributed by atoms with Gasteiger partial charge in [-0.1, -0.05) is 0 Å². The average Bonchev–Trinajstić information content (AvgIpc) is 2.50. The highest BCUT2D eigenvalue weighted by Gasteiger charge is 2.17. The molecule has 0 saturated carbocycles. The zero-order valence-electron chi connectivity index (χ0n) is 12.3. The fourth-order valence-electron chi connectivity index (χ4n) is 2.05. The van der Waals surface area contributed by atoms with Gasteiger partial charge in [-0.3, -0.25) is 4.79 Å². The average molecular weight is 294 g/mol. The second kappa shape index (κ2) is 8.61. The van der Waals surface area contributed by atoms with Crippen molar-refractivity contribution >= 4 is 11.6 Å². The summed E-state index contributed by atoms with van der Waals surface area (Å²) in [6.45, 7) is 3.29. The van der Waals surface area contributed by atoms with E-state index in [0.29, 0.717) is 26.2 Å². The summed E-state index contributed by atoms with van der Waals surface area (Å²) in [5, 5.41) is 6.06. The van der Waals surface area contributed by atoms with Crippen LogP contribution in [0, 0.1) is 0 Å². The molecule has 0 aromatic heterocycles. The molecule has 21 heavy (non-hydrogen) atoms. The van der Waals surface area contributed by atoms with E-state index in [1.807, 2.05) is 24.3 Å². The number of anilines is 1. The SMILES string of the molecule is COCCOc1ccc(NC(=O)CC2CNCCO2)cc1. The number of amides is 1. The molecule has 0 bridgehead atoms. The van der Waals surface area contributed by atoms with Crippen LogP contribution in [0.3, 0.4) is 0 Å². The summed E-state index contributed by atoms with van der Waals surface area (Å²) in [6, 6.07) is 7.29. The quantitative estimate of drug-likeness (QED) is 0.735. The molecule has 6 heteroatoms. The van der Waals surface area contributed by atoms with E-state index in [9.17, 15) is 4.79 Å². The topological polar surface area (TPSA) is 68.8 Å². The zero-order chi connectivity index (χ0) is 14.9. The minimum absolute atomic E-state index is 0.0447. The zero-order valence-corrected chi connectivity index (χ0v) is 12.3. The van der Waals surface area contributed by atoms with Crippen molar-refractivity contribution in [3.63, 3.8) is 0 Å². The van der Waals surface area contributed by atoms with Crippen LogP contribution in [0.2, 0.25) is 0 Å². The predicted octanol–water partition coefficient (Wildman–Crippen LogP) is 1.03. The molecule has 2 N–H and O–H groups in total. The number of methoxy groups -OCH3 is 1. The molecule has 2 rings (SSSR count). The molecule has 6 nitrogen and oxygen atoms in total. The van der Waals surface area contributed by atoms with Gasteiger partial charge in [0, 0.05) is 25.9 Å². The molecule has 1 saturated heterocycles. The summed E-state index contributed by atoms with van der Waals surface area (Å²) in [7, 11) is 1.63. The van der Waals surface area contributed by atoms with Crippen molar-refractivity contribution in [1.29, 1.82) is 0 Å². The highest BCUT2D eigenvalue weighted by molar-refractivity contribution is 5.91. The maximum atomic E-state index is 11.9. The third-order valence-corrected chi connectivity index (χ3v) is 3.11. The van der Waals surface area contributed by atoms with E-state index in [2.05, 4.69) is 10.6 Å². The summed E-state index contributed by atoms with van der Waals surface area (Å²) in [4.78, 5) is 11.9. The van der Waals surface area contributed by atoms with Gasteiger partial charge in [0.25, 0.3) is 0 Å². The lowest BCUT2D eigenvalue weighted by atomic mass is 10.2. The van der Waals surface area contributed by atoms with Crippen LogP contribution in [0.4, 0.5) is 5.69 Å². The lowest BCUT2D eigenvalue weighted by Gasteiger charge is -2.23. The molecule has 1 atom stereocenters. The van der Waals surface area contributed by atoms with Crippen molar-refractivity contribution in [2.75, 3.05) is 45.3 Å². The maximum absolute atomic E-state index is 11.9. The minimum atomic E-state index is -0.0459. The molecule has 1 aliphatic heterocycles. The molecule has 1 aromatic rings. The Kier molecular flexibility index (Phi) is 6.46. The van der Waals surface area contributed by atoms with Crippen molar-refractivity contribution in [3.05, 3.63) is 24.3 Å². The largest absolute Gasteiger partial charge is 0.491 e. The minimum Gasteiger partial charge on any atom is -0.491 e. The lowest BCUT2D eigenvalue weighted by molar-refractivity contribution is -0.119. The maximum Gasteiger partial charge on any atom is 0.227 e. The van der Waals surface area contributed by atoms with Gasteiger partial charge in [0.05, 0.1) is 25.7 Å². The van der Waals surface area contributed by atoms with Gasteiger partial charge in [-0.25, -0.2) is 0 Å². The molecule has 0 radical (unpaired) electrons. The van der Waals surface area contributed by atoms with Crippen LogP contribution in [0.25, 0.3) is 0 Å². The number of nitrogens with one attached hydrogen (secondary N) is 2. The molecule has 1 aliphatic rings. The Morgan fingerprint density at radius 1 is 1.38 bits per heavy atom. The Bertz CT molecular complexity index is 430. The summed E-state index contributed by atoms with van der Waals surface area (Å²) >= 11 is 0. The van der Waals surface area contributed by atoms with Gasteiger partial charge in [-0.2, -0.15) is 0 Å². The Morgan fingerprint density at radius 3 is 2.86 bits per heavy atom. The normalized spacial score (nSPS) is 18.2. The molecule has 0 aliphatic carbocycles. The third-order valence-electron chi connectivity index (χ3n) is 3.11. The van der Waals surface area contributed by atoms with Crippen molar-refractivity contribution in [1.82, 2.24) is 5.32 Å². The Labute approximate surface area is 124 Å². The predicted molar refractivity (Wildman–Crippen MR) is 79.7 cm³/mol.